The van der Waals surface area contributed by atoms with Crippen LogP contribution in [0.3, 0.4) is 0 Å². The summed E-state index contributed by atoms with van der Waals surface area (Å²) in [4.78, 5) is 14.4. The molecule has 0 aromatic carbocycles. The van der Waals surface area contributed by atoms with E-state index in [0.29, 0.717) is 13.0 Å². The smallest absolute Gasteiger partial charge is 0.224 e. The van der Waals surface area contributed by atoms with E-state index in [1.165, 1.54) is 9.75 Å². The van der Waals surface area contributed by atoms with Gasteiger partial charge in [-0.05, 0) is 32.4 Å². The Labute approximate surface area is 116 Å². The van der Waals surface area contributed by atoms with E-state index in [1.807, 2.05) is 13.8 Å². The number of nitrogens with one attached hydrogen (secondary N) is 1. The zero-order chi connectivity index (χ0) is 13.8. The van der Waals surface area contributed by atoms with Crippen LogP contribution in [-0.4, -0.2) is 11.1 Å². The average Bonchev–Trinajstić information content (AvgIpc) is 2.98. The fourth-order valence-electron chi connectivity index (χ4n) is 1.87. The zero-order valence-electron chi connectivity index (χ0n) is 11.4. The molecule has 0 aliphatic rings. The maximum absolute atomic E-state index is 11.9. The molecule has 0 spiro atoms. The van der Waals surface area contributed by atoms with E-state index in [-0.39, 0.29) is 5.91 Å². The lowest BCUT2D eigenvalue weighted by Gasteiger charge is -2.03. The first kappa shape index (κ1) is 13.8. The molecule has 0 atom stereocenters. The lowest BCUT2D eigenvalue weighted by atomic mass is 10.1. The summed E-state index contributed by atoms with van der Waals surface area (Å²) in [5.74, 6) is 0.720. The van der Waals surface area contributed by atoms with E-state index < -0.39 is 0 Å². The summed E-state index contributed by atoms with van der Waals surface area (Å²) in [6, 6.07) is 4.18. The Morgan fingerprint density at radius 3 is 2.68 bits per heavy atom. The standard InChI is InChI=1S/C14H18N2O2S/c1-4-11-5-6-12(19-11)8-15-14(17)7-13-9(2)16-18-10(13)3/h5-6H,4,7-8H2,1-3H3,(H,15,17). The molecule has 2 rings (SSSR count). The molecule has 0 aliphatic carbocycles. The molecule has 19 heavy (non-hydrogen) atoms. The van der Waals surface area contributed by atoms with E-state index >= 15 is 0 Å². The van der Waals surface area contributed by atoms with E-state index in [0.717, 1.165) is 23.4 Å². The second kappa shape index (κ2) is 6.02. The predicted molar refractivity (Wildman–Crippen MR) is 75.2 cm³/mol. The monoisotopic (exact) mass is 278 g/mol. The minimum atomic E-state index is 0.000786. The van der Waals surface area contributed by atoms with Crippen molar-refractivity contribution in [1.82, 2.24) is 10.5 Å². The summed E-state index contributed by atoms with van der Waals surface area (Å²) in [7, 11) is 0. The molecular weight excluding hydrogens is 260 g/mol. The fourth-order valence-corrected chi connectivity index (χ4v) is 2.77. The third-order valence-electron chi connectivity index (χ3n) is 3.04. The van der Waals surface area contributed by atoms with Gasteiger partial charge in [-0.25, -0.2) is 0 Å². The molecule has 102 valence electrons. The van der Waals surface area contributed by atoms with E-state index in [4.69, 9.17) is 4.52 Å². The number of amides is 1. The van der Waals surface area contributed by atoms with Crippen molar-refractivity contribution < 1.29 is 9.32 Å². The van der Waals surface area contributed by atoms with Gasteiger partial charge in [-0.3, -0.25) is 4.79 Å². The number of rotatable bonds is 5. The number of hydrogen-bond donors (Lipinski definition) is 1. The molecule has 0 bridgehead atoms. The minimum Gasteiger partial charge on any atom is -0.361 e. The Morgan fingerprint density at radius 1 is 1.37 bits per heavy atom. The largest absolute Gasteiger partial charge is 0.361 e. The predicted octanol–water partition coefficient (Wildman–Crippen LogP) is 2.77. The van der Waals surface area contributed by atoms with Gasteiger partial charge in [-0.1, -0.05) is 12.1 Å². The van der Waals surface area contributed by atoms with Crippen LogP contribution in [0, 0.1) is 13.8 Å². The van der Waals surface area contributed by atoms with Crippen molar-refractivity contribution >= 4 is 17.2 Å². The molecule has 0 unspecified atom stereocenters. The normalized spacial score (nSPS) is 10.7. The van der Waals surface area contributed by atoms with Crippen LogP contribution in [-0.2, 0) is 24.2 Å². The number of carbonyl (C=O) groups is 1. The zero-order valence-corrected chi connectivity index (χ0v) is 12.3. The summed E-state index contributed by atoms with van der Waals surface area (Å²) in [6.45, 7) is 6.40. The van der Waals surface area contributed by atoms with E-state index in [9.17, 15) is 4.79 Å². The molecule has 1 N–H and O–H groups in total. The van der Waals surface area contributed by atoms with Crippen molar-refractivity contribution in [2.45, 2.75) is 40.2 Å². The lowest BCUT2D eigenvalue weighted by Crippen LogP contribution is -2.24. The molecule has 1 amide bonds. The summed E-state index contributed by atoms with van der Waals surface area (Å²) in [6.07, 6.45) is 1.37. The highest BCUT2D eigenvalue weighted by Gasteiger charge is 2.13. The van der Waals surface area contributed by atoms with Gasteiger partial charge in [0.15, 0.2) is 0 Å². The summed E-state index contributed by atoms with van der Waals surface area (Å²) >= 11 is 1.74. The quantitative estimate of drug-likeness (QED) is 0.915. The van der Waals surface area contributed by atoms with Gasteiger partial charge in [-0.2, -0.15) is 0 Å². The lowest BCUT2D eigenvalue weighted by molar-refractivity contribution is -0.120. The number of hydrogen-bond acceptors (Lipinski definition) is 4. The molecule has 2 heterocycles. The van der Waals surface area contributed by atoms with Crippen LogP contribution >= 0.6 is 11.3 Å². The first-order valence-corrected chi connectivity index (χ1v) is 7.17. The SMILES string of the molecule is CCc1ccc(CNC(=O)Cc2c(C)noc2C)s1. The first-order valence-electron chi connectivity index (χ1n) is 6.36. The molecule has 0 radical (unpaired) electrons. The highest BCUT2D eigenvalue weighted by Crippen LogP contribution is 2.17. The third-order valence-corrected chi connectivity index (χ3v) is 4.27. The molecule has 0 aliphatic heterocycles. The topological polar surface area (TPSA) is 55.1 Å². The van der Waals surface area contributed by atoms with Gasteiger partial charge in [0.2, 0.25) is 5.91 Å². The van der Waals surface area contributed by atoms with Crippen LogP contribution in [0.1, 0.15) is 33.7 Å². The third kappa shape index (κ3) is 3.44. The highest BCUT2D eigenvalue weighted by atomic mass is 32.1. The van der Waals surface area contributed by atoms with Crippen LogP contribution in [0.4, 0.5) is 0 Å². The number of aromatic nitrogens is 1. The highest BCUT2D eigenvalue weighted by molar-refractivity contribution is 7.11. The van der Waals surface area contributed by atoms with Gasteiger partial charge in [-0.15, -0.1) is 11.3 Å². The van der Waals surface area contributed by atoms with Gasteiger partial charge in [0.05, 0.1) is 18.7 Å². The van der Waals surface area contributed by atoms with Crippen molar-refractivity contribution in [3.05, 3.63) is 38.9 Å². The summed E-state index contributed by atoms with van der Waals surface area (Å²) < 4.78 is 5.05. The number of nitrogens with zero attached hydrogens (tertiary/aromatic N) is 1. The van der Waals surface area contributed by atoms with Crippen molar-refractivity contribution in [3.63, 3.8) is 0 Å². The van der Waals surface area contributed by atoms with Crippen LogP contribution in [0.15, 0.2) is 16.7 Å². The van der Waals surface area contributed by atoms with Crippen molar-refractivity contribution in [1.29, 1.82) is 0 Å². The van der Waals surface area contributed by atoms with Gasteiger partial charge >= 0.3 is 0 Å². The molecule has 5 heteroatoms. The minimum absolute atomic E-state index is 0.000786. The number of thiophene rings is 1. The Morgan fingerprint density at radius 2 is 2.11 bits per heavy atom. The Kier molecular flexibility index (Phi) is 4.37. The van der Waals surface area contributed by atoms with Crippen LogP contribution in [0.25, 0.3) is 0 Å². The van der Waals surface area contributed by atoms with Gasteiger partial charge < -0.3 is 9.84 Å². The average molecular weight is 278 g/mol. The Bertz CT molecular complexity index is 552. The Balaban J connectivity index is 1.88. The fraction of sp³-hybridized carbons (Fsp3) is 0.429. The molecule has 4 nitrogen and oxygen atoms in total. The van der Waals surface area contributed by atoms with Crippen LogP contribution < -0.4 is 5.32 Å². The maximum Gasteiger partial charge on any atom is 0.224 e. The first-order chi connectivity index (χ1) is 9.10. The maximum atomic E-state index is 11.9. The van der Waals surface area contributed by atoms with Crippen molar-refractivity contribution in [3.8, 4) is 0 Å². The molecule has 0 fully saturated rings. The summed E-state index contributed by atoms with van der Waals surface area (Å²) in [5, 5.41) is 6.78. The molecular formula is C14H18N2O2S. The van der Waals surface area contributed by atoms with Crippen molar-refractivity contribution in [2.24, 2.45) is 0 Å². The van der Waals surface area contributed by atoms with Crippen molar-refractivity contribution in [2.75, 3.05) is 0 Å². The number of aryl methyl sites for hydroxylation is 3. The second-order valence-electron chi connectivity index (χ2n) is 4.48. The molecule has 0 saturated heterocycles. The summed E-state index contributed by atoms with van der Waals surface area (Å²) in [5.41, 5.74) is 1.68. The van der Waals surface area contributed by atoms with Gasteiger partial charge in [0, 0.05) is 15.3 Å². The molecule has 0 saturated carbocycles. The molecule has 2 aromatic heterocycles. The number of carbonyl (C=O) groups excluding carboxylic acids is 1. The van der Waals surface area contributed by atoms with E-state index in [1.54, 1.807) is 11.3 Å². The Hall–Kier alpha value is -1.62. The van der Waals surface area contributed by atoms with Gasteiger partial charge in [0.25, 0.3) is 0 Å². The van der Waals surface area contributed by atoms with Gasteiger partial charge in [0.1, 0.15) is 5.76 Å². The van der Waals surface area contributed by atoms with Crippen LogP contribution in [0.2, 0.25) is 0 Å². The second-order valence-corrected chi connectivity index (χ2v) is 5.73. The molecule has 2 aromatic rings. The van der Waals surface area contributed by atoms with Crippen LogP contribution in [0.5, 0.6) is 0 Å². The van der Waals surface area contributed by atoms with E-state index in [2.05, 4.69) is 29.5 Å².